The van der Waals surface area contributed by atoms with Crippen LogP contribution in [0.2, 0.25) is 0 Å². The van der Waals surface area contributed by atoms with E-state index in [0.717, 1.165) is 5.56 Å². The minimum Gasteiger partial charge on any atom is -0.289 e. The minimum atomic E-state index is -0.540. The summed E-state index contributed by atoms with van der Waals surface area (Å²) in [7, 11) is 0. The van der Waals surface area contributed by atoms with Crippen molar-refractivity contribution in [2.75, 3.05) is 5.88 Å². The maximum absolute atomic E-state index is 11.2. The number of ketones is 2. The molecule has 64 valence electrons. The Morgan fingerprint density at radius 2 is 2.25 bits per heavy atom. The number of halogens is 1. The van der Waals surface area contributed by atoms with Crippen molar-refractivity contribution in [3.8, 4) is 0 Å². The van der Waals surface area contributed by atoms with E-state index < -0.39 is 11.6 Å². The molecule has 0 saturated carbocycles. The number of carbonyl (C=O) groups excluding carboxylic acids is 2. The van der Waals surface area contributed by atoms with E-state index in [2.05, 4.69) is 0 Å². The lowest BCUT2D eigenvalue weighted by Crippen LogP contribution is -2.14. The Hall–Kier alpha value is -0.670. The highest BCUT2D eigenvalue weighted by atomic mass is 35.5. The van der Waals surface area contributed by atoms with Crippen LogP contribution in [0.25, 0.3) is 0 Å². The van der Waals surface area contributed by atoms with Gasteiger partial charge in [-0.2, -0.15) is 0 Å². The largest absolute Gasteiger partial charge is 0.289 e. The summed E-state index contributed by atoms with van der Waals surface area (Å²) < 4.78 is 0. The predicted molar refractivity (Wildman–Crippen MR) is 49.1 cm³/mol. The van der Waals surface area contributed by atoms with Gasteiger partial charge in [0.25, 0.3) is 0 Å². The molecule has 0 amide bonds. The van der Waals surface area contributed by atoms with Gasteiger partial charge in [-0.3, -0.25) is 9.59 Å². The topological polar surface area (TPSA) is 34.1 Å². The fourth-order valence-electron chi connectivity index (χ4n) is 0.793. The lowest BCUT2D eigenvalue weighted by molar-refractivity contribution is -0.112. The van der Waals surface area contributed by atoms with E-state index in [-0.39, 0.29) is 5.88 Å². The van der Waals surface area contributed by atoms with Crippen molar-refractivity contribution in [3.63, 3.8) is 0 Å². The summed E-state index contributed by atoms with van der Waals surface area (Å²) in [6, 6.07) is 1.80. The normalized spacial score (nSPS) is 9.83. The van der Waals surface area contributed by atoms with Gasteiger partial charge in [0.2, 0.25) is 11.6 Å². The number of carbonyl (C=O) groups is 2. The van der Waals surface area contributed by atoms with E-state index in [9.17, 15) is 9.59 Å². The van der Waals surface area contributed by atoms with Gasteiger partial charge in [-0.15, -0.1) is 22.9 Å². The highest BCUT2D eigenvalue weighted by Gasteiger charge is 2.17. The van der Waals surface area contributed by atoms with Crippen LogP contribution < -0.4 is 0 Å². The zero-order chi connectivity index (χ0) is 9.14. The molecular weight excluding hydrogens is 196 g/mol. The van der Waals surface area contributed by atoms with Gasteiger partial charge in [0.1, 0.15) is 0 Å². The van der Waals surface area contributed by atoms with Gasteiger partial charge >= 0.3 is 0 Å². The number of Topliss-reactive ketones (excluding diaryl/α,β-unsaturated/α-hetero) is 2. The van der Waals surface area contributed by atoms with Crippen LogP contribution in [0.4, 0.5) is 0 Å². The summed E-state index contributed by atoms with van der Waals surface area (Å²) in [6.45, 7) is 1.80. The summed E-state index contributed by atoms with van der Waals surface area (Å²) in [5.74, 6) is -1.25. The summed E-state index contributed by atoms with van der Waals surface area (Å²) >= 11 is 6.52. The fourth-order valence-corrected chi connectivity index (χ4v) is 1.80. The zero-order valence-corrected chi connectivity index (χ0v) is 8.04. The van der Waals surface area contributed by atoms with Crippen molar-refractivity contribution in [3.05, 3.63) is 21.9 Å². The molecule has 0 spiro atoms. The number of hydrogen-bond acceptors (Lipinski definition) is 3. The third kappa shape index (κ3) is 1.73. The molecule has 0 fully saturated rings. The van der Waals surface area contributed by atoms with Crippen LogP contribution >= 0.6 is 22.9 Å². The molecule has 2 nitrogen and oxygen atoms in total. The van der Waals surface area contributed by atoms with Gasteiger partial charge in [0.05, 0.1) is 10.8 Å². The molecule has 0 saturated heterocycles. The summed E-state index contributed by atoms with van der Waals surface area (Å²) in [5, 5.41) is 1.78. The molecule has 1 aromatic heterocycles. The highest BCUT2D eigenvalue weighted by molar-refractivity contribution is 7.13. The number of rotatable bonds is 3. The van der Waals surface area contributed by atoms with Crippen molar-refractivity contribution in [2.45, 2.75) is 6.92 Å². The first-order chi connectivity index (χ1) is 5.66. The molecule has 1 heterocycles. The highest BCUT2D eigenvalue weighted by Crippen LogP contribution is 2.16. The first-order valence-electron chi connectivity index (χ1n) is 3.34. The third-order valence-electron chi connectivity index (χ3n) is 1.44. The maximum atomic E-state index is 11.2. The van der Waals surface area contributed by atoms with Gasteiger partial charge in [-0.1, -0.05) is 0 Å². The van der Waals surface area contributed by atoms with E-state index in [1.807, 2.05) is 0 Å². The second kappa shape index (κ2) is 3.83. The van der Waals surface area contributed by atoms with Gasteiger partial charge in [0.15, 0.2) is 0 Å². The molecule has 1 rings (SSSR count). The summed E-state index contributed by atoms with van der Waals surface area (Å²) in [6.07, 6.45) is 0. The van der Waals surface area contributed by atoms with E-state index in [1.165, 1.54) is 11.3 Å². The van der Waals surface area contributed by atoms with Crippen molar-refractivity contribution in [1.29, 1.82) is 0 Å². The Balaban J connectivity index is 2.93. The first kappa shape index (κ1) is 9.42. The smallest absolute Gasteiger partial charge is 0.240 e. The van der Waals surface area contributed by atoms with Crippen molar-refractivity contribution < 1.29 is 9.59 Å². The molecule has 0 aliphatic carbocycles. The summed E-state index contributed by atoms with van der Waals surface area (Å²) in [5.41, 5.74) is 0.837. The van der Waals surface area contributed by atoms with E-state index in [1.54, 1.807) is 18.4 Å². The Kier molecular flexibility index (Phi) is 3.00. The molecule has 0 aliphatic rings. The van der Waals surface area contributed by atoms with Crippen molar-refractivity contribution >= 4 is 34.5 Å². The van der Waals surface area contributed by atoms with Gasteiger partial charge in [-0.25, -0.2) is 0 Å². The number of aryl methyl sites for hydroxylation is 1. The molecule has 12 heavy (non-hydrogen) atoms. The van der Waals surface area contributed by atoms with Gasteiger partial charge < -0.3 is 0 Å². The summed E-state index contributed by atoms with van der Waals surface area (Å²) in [4.78, 5) is 22.6. The molecule has 0 radical (unpaired) electrons. The van der Waals surface area contributed by atoms with Crippen LogP contribution in [0.15, 0.2) is 11.4 Å². The van der Waals surface area contributed by atoms with Crippen molar-refractivity contribution in [2.24, 2.45) is 0 Å². The molecule has 1 aromatic rings. The molecule has 0 N–H and O–H groups in total. The molecule has 0 bridgehead atoms. The maximum Gasteiger partial charge on any atom is 0.240 e. The van der Waals surface area contributed by atoms with Crippen molar-refractivity contribution in [1.82, 2.24) is 0 Å². The van der Waals surface area contributed by atoms with Gasteiger partial charge in [0, 0.05) is 0 Å². The number of hydrogen-bond donors (Lipinski definition) is 0. The SMILES string of the molecule is Cc1ccsc1C(=O)C(=O)CCl. The third-order valence-corrected chi connectivity index (χ3v) is 2.70. The van der Waals surface area contributed by atoms with Crippen LogP contribution in [-0.2, 0) is 4.79 Å². The standard InChI is InChI=1S/C8H7ClO2S/c1-5-2-3-12-8(5)7(11)6(10)4-9/h2-3H,4H2,1H3. The lowest BCUT2D eigenvalue weighted by Gasteiger charge is -1.93. The second-order valence-electron chi connectivity index (χ2n) is 2.32. The predicted octanol–water partition coefficient (Wildman–Crippen LogP) is 2.05. The molecule has 0 aromatic carbocycles. The van der Waals surface area contributed by atoms with Crippen LogP contribution in [-0.4, -0.2) is 17.4 Å². The molecule has 0 aliphatic heterocycles. The quantitative estimate of drug-likeness (QED) is 0.427. The lowest BCUT2D eigenvalue weighted by atomic mass is 10.2. The second-order valence-corrected chi connectivity index (χ2v) is 3.50. The van der Waals surface area contributed by atoms with Crippen LogP contribution in [0.1, 0.15) is 15.2 Å². The average Bonchev–Trinajstić information content (AvgIpc) is 2.48. The molecule has 4 heteroatoms. The van der Waals surface area contributed by atoms with E-state index in [0.29, 0.717) is 4.88 Å². The Labute approximate surface area is 79.2 Å². The van der Waals surface area contributed by atoms with Crippen LogP contribution in [0.3, 0.4) is 0 Å². The number of alkyl halides is 1. The molecular formula is C8H7ClO2S. The van der Waals surface area contributed by atoms with E-state index in [4.69, 9.17) is 11.6 Å². The van der Waals surface area contributed by atoms with E-state index >= 15 is 0 Å². The monoisotopic (exact) mass is 202 g/mol. The van der Waals surface area contributed by atoms with Crippen LogP contribution in [0.5, 0.6) is 0 Å². The van der Waals surface area contributed by atoms with Crippen LogP contribution in [0, 0.1) is 6.92 Å². The van der Waals surface area contributed by atoms with Gasteiger partial charge in [-0.05, 0) is 23.9 Å². The fraction of sp³-hybridized carbons (Fsp3) is 0.250. The first-order valence-corrected chi connectivity index (χ1v) is 4.76. The molecule has 0 atom stereocenters. The zero-order valence-electron chi connectivity index (χ0n) is 6.46. The molecule has 0 unspecified atom stereocenters. The Morgan fingerprint density at radius 3 is 2.67 bits per heavy atom. The Morgan fingerprint density at radius 1 is 1.58 bits per heavy atom. The average molecular weight is 203 g/mol. The number of thiophene rings is 1. The Bertz CT molecular complexity index is 317. The minimum absolute atomic E-state index is 0.240.